The molecule has 0 radical (unpaired) electrons. The molecule has 33 heavy (non-hydrogen) atoms. The third-order valence-corrected chi connectivity index (χ3v) is 6.27. The van der Waals surface area contributed by atoms with Gasteiger partial charge in [0.1, 0.15) is 34.0 Å². The van der Waals surface area contributed by atoms with E-state index in [-0.39, 0.29) is 39.5 Å². The molecule has 172 valence electrons. The van der Waals surface area contributed by atoms with E-state index in [1.54, 1.807) is 24.7 Å². The number of carbonyl (C=O) groups is 3. The molecule has 1 aliphatic carbocycles. The molecule has 0 amide bonds. The van der Waals surface area contributed by atoms with Gasteiger partial charge in [-0.1, -0.05) is 0 Å². The number of ether oxygens (including phenoxy) is 1. The first-order chi connectivity index (χ1) is 15.6. The Morgan fingerprint density at radius 2 is 1.97 bits per heavy atom. The van der Waals surface area contributed by atoms with Crippen LogP contribution < -0.4 is 10.1 Å². The van der Waals surface area contributed by atoms with Gasteiger partial charge in [-0.2, -0.15) is 5.10 Å². The van der Waals surface area contributed by atoms with Crippen LogP contribution in [-0.2, 0) is 21.5 Å². The average molecular weight is 451 g/mol. The molecule has 1 aromatic carbocycles. The highest BCUT2D eigenvalue weighted by atomic mass is 16.5. The van der Waals surface area contributed by atoms with Crippen molar-refractivity contribution >= 4 is 17.3 Å². The molecule has 3 N–H and O–H groups in total. The van der Waals surface area contributed by atoms with Crippen LogP contribution in [0.4, 0.5) is 0 Å². The number of ketones is 3. The molecule has 0 bridgehead atoms. The molecule has 0 saturated carbocycles. The number of Topliss-reactive ketones (excluding diaryl/α,β-unsaturated/α-hetero) is 2. The van der Waals surface area contributed by atoms with Crippen LogP contribution >= 0.6 is 0 Å². The lowest BCUT2D eigenvalue weighted by atomic mass is 9.70. The second kappa shape index (κ2) is 7.91. The number of benzene rings is 1. The Morgan fingerprint density at radius 3 is 2.61 bits per heavy atom. The summed E-state index contributed by atoms with van der Waals surface area (Å²) < 4.78 is 7.55. The highest BCUT2D eigenvalue weighted by Crippen LogP contribution is 2.57. The van der Waals surface area contributed by atoms with Crippen molar-refractivity contribution < 1.29 is 29.3 Å². The van der Waals surface area contributed by atoms with Gasteiger partial charge >= 0.3 is 0 Å². The molecule has 0 saturated heterocycles. The van der Waals surface area contributed by atoms with E-state index in [1.165, 1.54) is 19.9 Å². The third kappa shape index (κ3) is 3.31. The molecular weight excluding hydrogens is 426 g/mol. The summed E-state index contributed by atoms with van der Waals surface area (Å²) in [6, 6.07) is 1.83. The van der Waals surface area contributed by atoms with E-state index < -0.39 is 28.5 Å². The van der Waals surface area contributed by atoms with Crippen LogP contribution in [-0.4, -0.2) is 43.9 Å². The molecular formula is C24H25N3O6. The number of phenolic OH excluding ortho intramolecular Hbond substituents is 2. The van der Waals surface area contributed by atoms with Gasteiger partial charge in [-0.05, 0) is 40.2 Å². The zero-order valence-electron chi connectivity index (χ0n) is 18.9. The Bertz CT molecular complexity index is 1260. The fourth-order valence-corrected chi connectivity index (χ4v) is 4.40. The molecule has 2 aliphatic rings. The van der Waals surface area contributed by atoms with Gasteiger partial charge in [0, 0.05) is 42.8 Å². The number of nitrogens with zero attached hydrogens (tertiary/aromatic N) is 2. The van der Waals surface area contributed by atoms with Gasteiger partial charge in [-0.15, -0.1) is 0 Å². The number of hydrogen-bond acceptors (Lipinski definition) is 8. The van der Waals surface area contributed by atoms with Gasteiger partial charge in [-0.3, -0.25) is 19.1 Å². The Balaban J connectivity index is 1.72. The number of rotatable bonds is 6. The summed E-state index contributed by atoms with van der Waals surface area (Å²) in [4.78, 5) is 38.8. The van der Waals surface area contributed by atoms with Crippen molar-refractivity contribution in [2.75, 3.05) is 6.54 Å². The summed E-state index contributed by atoms with van der Waals surface area (Å²) in [6.07, 6.45) is 5.48. The van der Waals surface area contributed by atoms with Gasteiger partial charge in [-0.25, -0.2) is 0 Å². The predicted octanol–water partition coefficient (Wildman–Crippen LogP) is 2.45. The van der Waals surface area contributed by atoms with Crippen molar-refractivity contribution in [2.24, 2.45) is 0 Å². The number of aromatic hydroxyl groups is 2. The number of hydrogen-bond donors (Lipinski definition) is 3. The van der Waals surface area contributed by atoms with Crippen molar-refractivity contribution in [1.29, 1.82) is 0 Å². The van der Waals surface area contributed by atoms with Crippen LogP contribution in [0.15, 0.2) is 41.6 Å². The maximum Gasteiger partial charge on any atom is 0.194 e. The summed E-state index contributed by atoms with van der Waals surface area (Å²) >= 11 is 0. The molecule has 1 atom stereocenters. The first-order valence-corrected chi connectivity index (χ1v) is 10.6. The highest BCUT2D eigenvalue weighted by molar-refractivity contribution is 6.31. The molecule has 1 aliphatic heterocycles. The second-order valence-corrected chi connectivity index (χ2v) is 8.44. The Morgan fingerprint density at radius 1 is 1.24 bits per heavy atom. The average Bonchev–Trinajstić information content (AvgIpc) is 3.36. The van der Waals surface area contributed by atoms with Crippen molar-refractivity contribution in [1.82, 2.24) is 15.1 Å². The number of allylic oxidation sites excluding steroid dienone is 4. The van der Waals surface area contributed by atoms with Gasteiger partial charge in [0.2, 0.25) is 0 Å². The lowest BCUT2D eigenvalue weighted by Gasteiger charge is -2.29. The van der Waals surface area contributed by atoms with Crippen LogP contribution in [0.3, 0.4) is 0 Å². The minimum Gasteiger partial charge on any atom is -0.507 e. The monoisotopic (exact) mass is 451 g/mol. The van der Waals surface area contributed by atoms with Gasteiger partial charge in [0.25, 0.3) is 0 Å². The number of carbonyl (C=O) groups excluding carboxylic acids is 3. The van der Waals surface area contributed by atoms with E-state index in [1.807, 2.05) is 12.3 Å². The van der Waals surface area contributed by atoms with Gasteiger partial charge < -0.3 is 20.3 Å². The second-order valence-electron chi connectivity index (χ2n) is 8.44. The summed E-state index contributed by atoms with van der Waals surface area (Å²) in [5.41, 5.74) is -1.12. The van der Waals surface area contributed by atoms with Crippen molar-refractivity contribution in [3.05, 3.63) is 58.3 Å². The van der Waals surface area contributed by atoms with Crippen molar-refractivity contribution in [3.63, 3.8) is 0 Å². The zero-order valence-corrected chi connectivity index (χ0v) is 18.9. The van der Waals surface area contributed by atoms with E-state index in [2.05, 4.69) is 10.4 Å². The molecule has 2 aromatic rings. The summed E-state index contributed by atoms with van der Waals surface area (Å²) in [5.74, 6) is -2.39. The fourth-order valence-electron chi connectivity index (χ4n) is 4.40. The van der Waals surface area contributed by atoms with E-state index in [0.29, 0.717) is 18.8 Å². The Labute approximate surface area is 190 Å². The maximum atomic E-state index is 13.7. The molecule has 0 fully saturated rings. The smallest absolute Gasteiger partial charge is 0.194 e. The maximum absolute atomic E-state index is 13.7. The molecule has 1 aromatic heterocycles. The molecule has 9 nitrogen and oxygen atoms in total. The minimum absolute atomic E-state index is 0.0190. The van der Waals surface area contributed by atoms with Crippen LogP contribution in [0.2, 0.25) is 0 Å². The van der Waals surface area contributed by atoms with Gasteiger partial charge in [0.15, 0.2) is 17.3 Å². The molecule has 0 spiro atoms. The first-order valence-electron chi connectivity index (χ1n) is 10.6. The normalized spacial score (nSPS) is 20.7. The zero-order chi connectivity index (χ0) is 24.1. The van der Waals surface area contributed by atoms with E-state index in [4.69, 9.17) is 4.74 Å². The Kier molecular flexibility index (Phi) is 5.35. The minimum atomic E-state index is -1.51. The van der Waals surface area contributed by atoms with E-state index in [9.17, 15) is 24.6 Å². The first kappa shape index (κ1) is 22.3. The topological polar surface area (TPSA) is 131 Å². The van der Waals surface area contributed by atoms with Crippen LogP contribution in [0.1, 0.15) is 48.7 Å². The number of nitrogens with one attached hydrogen (secondary N) is 1. The number of aryl methyl sites for hydroxylation is 1. The molecule has 9 heteroatoms. The lowest BCUT2D eigenvalue weighted by molar-refractivity contribution is -0.123. The lowest BCUT2D eigenvalue weighted by Crippen LogP contribution is -2.41. The standard InChI is InChI=1S/C24H25N3O6/c1-12-20(30)18(14(3)28)22-19(21(12)31)24(4)16(33-22)11-15(29)17(23(24)32)13(2)25-7-5-9-27-10-6-8-26-27/h6,8,10-11,25,30-31H,5,7,9H2,1-4H3/b17-13+/t24-/m0/s1. The van der Waals surface area contributed by atoms with E-state index >= 15 is 0 Å². The SMILES string of the molecule is CC(=O)c1c(O)c(C)c(O)c2c1OC1=CC(=O)/C(=C(/C)NCCCn3cccn3)C(=O)[C@@]12C. The quantitative estimate of drug-likeness (QED) is 0.264. The third-order valence-electron chi connectivity index (χ3n) is 6.27. The van der Waals surface area contributed by atoms with Crippen LogP contribution in [0.25, 0.3) is 0 Å². The molecule has 4 rings (SSSR count). The fraction of sp³-hybridized carbons (Fsp3) is 0.333. The summed E-state index contributed by atoms with van der Waals surface area (Å²) in [6.45, 7) is 7.10. The largest absolute Gasteiger partial charge is 0.507 e. The predicted molar refractivity (Wildman–Crippen MR) is 118 cm³/mol. The summed E-state index contributed by atoms with van der Waals surface area (Å²) in [7, 11) is 0. The molecule has 2 heterocycles. The number of fused-ring (bicyclic) bond motifs is 3. The Hall–Kier alpha value is -3.88. The van der Waals surface area contributed by atoms with Crippen LogP contribution in [0, 0.1) is 6.92 Å². The highest BCUT2D eigenvalue weighted by Gasteiger charge is 2.56. The number of aromatic nitrogens is 2. The number of phenols is 2. The van der Waals surface area contributed by atoms with Crippen LogP contribution in [0.5, 0.6) is 17.2 Å². The van der Waals surface area contributed by atoms with Crippen molar-refractivity contribution in [3.8, 4) is 17.2 Å². The van der Waals surface area contributed by atoms with Crippen molar-refractivity contribution in [2.45, 2.75) is 46.1 Å². The van der Waals surface area contributed by atoms with E-state index in [0.717, 1.165) is 6.42 Å². The summed E-state index contributed by atoms with van der Waals surface area (Å²) in [5, 5.41) is 28.5. The van der Waals surface area contributed by atoms with Gasteiger partial charge in [0.05, 0.1) is 11.1 Å². The molecule has 0 unspecified atom stereocenters.